The molecule has 0 aromatic heterocycles. The van der Waals surface area contributed by atoms with Crippen LogP contribution in [0.15, 0.2) is 11.6 Å². The fourth-order valence-electron chi connectivity index (χ4n) is 10.3. The minimum atomic E-state index is -0.474. The maximum Gasteiger partial charge on any atom is 0.312 e. The second kappa shape index (κ2) is 7.32. The van der Waals surface area contributed by atoms with Crippen LogP contribution in [-0.4, -0.2) is 24.6 Å². The van der Waals surface area contributed by atoms with Crippen LogP contribution in [-0.2, 0) is 19.1 Å². The van der Waals surface area contributed by atoms with Crippen molar-refractivity contribution in [1.29, 1.82) is 0 Å². The van der Waals surface area contributed by atoms with Gasteiger partial charge in [0.1, 0.15) is 11.6 Å². The molecule has 4 fully saturated rings. The van der Waals surface area contributed by atoms with E-state index in [1.807, 2.05) is 0 Å². The van der Waals surface area contributed by atoms with Crippen LogP contribution in [0.2, 0.25) is 0 Å². The highest BCUT2D eigenvalue weighted by molar-refractivity contribution is 6.07. The molecule has 0 heterocycles. The molecule has 194 valence electrons. The van der Waals surface area contributed by atoms with Crippen LogP contribution in [0, 0.1) is 50.2 Å². The molecule has 3 unspecified atom stereocenters. The van der Waals surface area contributed by atoms with Crippen molar-refractivity contribution in [2.75, 3.05) is 7.11 Å². The zero-order valence-corrected chi connectivity index (χ0v) is 23.3. The molecule has 4 saturated carbocycles. The first-order chi connectivity index (χ1) is 16.1. The Morgan fingerprint density at radius 2 is 1.54 bits per heavy atom. The lowest BCUT2D eigenvalue weighted by molar-refractivity contribution is -0.191. The molecule has 0 aromatic carbocycles. The molecule has 5 aliphatic carbocycles. The lowest BCUT2D eigenvalue weighted by atomic mass is 9.33. The van der Waals surface area contributed by atoms with Gasteiger partial charge in [0.15, 0.2) is 0 Å². The van der Waals surface area contributed by atoms with Crippen LogP contribution in [0.3, 0.4) is 0 Å². The van der Waals surface area contributed by atoms with E-state index >= 15 is 0 Å². The van der Waals surface area contributed by atoms with Gasteiger partial charge in [0.2, 0.25) is 0 Å². The number of fused-ring (bicyclic) bond motifs is 7. The number of ketones is 2. The number of carbonyl (C=O) groups excluding carboxylic acids is 3. The predicted octanol–water partition coefficient (Wildman–Crippen LogP) is 6.71. The lowest BCUT2D eigenvalue weighted by Gasteiger charge is -2.70. The van der Waals surface area contributed by atoms with Crippen molar-refractivity contribution in [2.24, 2.45) is 50.2 Å². The summed E-state index contributed by atoms with van der Waals surface area (Å²) in [5.41, 5.74) is 0.263. The third kappa shape index (κ3) is 2.95. The summed E-state index contributed by atoms with van der Waals surface area (Å²) in [7, 11) is 1.55. The zero-order valence-electron chi connectivity index (χ0n) is 23.3. The first-order valence-corrected chi connectivity index (χ1v) is 14.0. The maximum absolute atomic E-state index is 13.7. The van der Waals surface area contributed by atoms with E-state index in [0.29, 0.717) is 0 Å². The fraction of sp³-hybridized carbons (Fsp3) is 0.839. The Bertz CT molecular complexity index is 1020. The van der Waals surface area contributed by atoms with Gasteiger partial charge in [-0.15, -0.1) is 0 Å². The number of rotatable bonds is 1. The van der Waals surface area contributed by atoms with Gasteiger partial charge in [-0.3, -0.25) is 14.4 Å². The van der Waals surface area contributed by atoms with E-state index in [4.69, 9.17) is 4.74 Å². The van der Waals surface area contributed by atoms with E-state index in [1.165, 1.54) is 5.57 Å². The van der Waals surface area contributed by atoms with E-state index in [2.05, 4.69) is 54.5 Å². The minimum Gasteiger partial charge on any atom is -0.469 e. The second-order valence-electron chi connectivity index (χ2n) is 14.9. The molecule has 0 aromatic rings. The third-order valence-electron chi connectivity index (χ3n) is 12.9. The summed E-state index contributed by atoms with van der Waals surface area (Å²) in [6.45, 7) is 15.9. The van der Waals surface area contributed by atoms with Gasteiger partial charge in [0.25, 0.3) is 0 Å². The fourth-order valence-corrected chi connectivity index (χ4v) is 10.3. The SMILES string of the molecule is COC(=O)[C@]12CCC(C)(C)CC1C1=CCC3[C@@]4(C)C(=O)CC(=O)C(C)(C)C4CC[C@@]3(C)[C@]1(C)CC2. The van der Waals surface area contributed by atoms with Gasteiger partial charge < -0.3 is 4.74 Å². The summed E-state index contributed by atoms with van der Waals surface area (Å²) in [5.74, 6) is 0.808. The van der Waals surface area contributed by atoms with E-state index in [1.54, 1.807) is 7.11 Å². The number of Topliss-reactive ketones (excluding diaryl/α,β-unsaturated/α-hetero) is 2. The number of ether oxygens (including phenoxy) is 1. The highest BCUT2D eigenvalue weighted by Crippen LogP contribution is 2.75. The van der Waals surface area contributed by atoms with Crippen molar-refractivity contribution in [1.82, 2.24) is 0 Å². The van der Waals surface area contributed by atoms with Crippen molar-refractivity contribution in [3.05, 3.63) is 11.6 Å². The van der Waals surface area contributed by atoms with Crippen LogP contribution in [0.1, 0.15) is 106 Å². The number of methoxy groups -OCH3 is 1. The number of esters is 1. The van der Waals surface area contributed by atoms with Crippen molar-refractivity contribution < 1.29 is 19.1 Å². The average molecular weight is 483 g/mol. The molecule has 0 spiro atoms. The van der Waals surface area contributed by atoms with Crippen LogP contribution in [0.4, 0.5) is 0 Å². The van der Waals surface area contributed by atoms with Gasteiger partial charge in [-0.2, -0.15) is 0 Å². The first kappa shape index (κ1) is 25.2. The van der Waals surface area contributed by atoms with Crippen molar-refractivity contribution in [2.45, 2.75) is 106 Å². The topological polar surface area (TPSA) is 60.4 Å². The van der Waals surface area contributed by atoms with E-state index in [0.717, 1.165) is 51.4 Å². The van der Waals surface area contributed by atoms with Gasteiger partial charge in [-0.25, -0.2) is 0 Å². The van der Waals surface area contributed by atoms with Crippen LogP contribution in [0.25, 0.3) is 0 Å². The van der Waals surface area contributed by atoms with Crippen LogP contribution >= 0.6 is 0 Å². The summed E-state index contributed by atoms with van der Waals surface area (Å²) in [5, 5.41) is 0. The largest absolute Gasteiger partial charge is 0.469 e. The third-order valence-corrected chi connectivity index (χ3v) is 12.9. The van der Waals surface area contributed by atoms with Crippen molar-refractivity contribution >= 4 is 17.5 Å². The van der Waals surface area contributed by atoms with Gasteiger partial charge in [0.05, 0.1) is 18.9 Å². The molecule has 7 atom stereocenters. The molecule has 4 heteroatoms. The molecule has 0 bridgehead atoms. The normalized spacial score (nSPS) is 48.0. The standard InChI is InChI=1S/C31H46O4/c1-26(2)13-15-31(25(34)35-8)16-14-28(5)19(20(31)18-26)9-10-22-29(28,6)12-11-21-27(3,4)23(32)17-24(33)30(21,22)7/h9,20-22H,10-18H2,1-8H3/t20?,21?,22?,28-,29-,30+,31+/m1/s1. The van der Waals surface area contributed by atoms with Crippen LogP contribution in [0.5, 0.6) is 0 Å². The van der Waals surface area contributed by atoms with Crippen LogP contribution < -0.4 is 0 Å². The number of allylic oxidation sites excluding steroid dienone is 2. The maximum atomic E-state index is 13.7. The molecule has 0 N–H and O–H groups in total. The van der Waals surface area contributed by atoms with E-state index < -0.39 is 16.2 Å². The Labute approximate surface area is 212 Å². The summed E-state index contributed by atoms with van der Waals surface area (Å²) < 4.78 is 5.45. The number of hydrogen-bond donors (Lipinski definition) is 0. The number of hydrogen-bond acceptors (Lipinski definition) is 4. The quantitative estimate of drug-likeness (QED) is 0.237. The second-order valence-corrected chi connectivity index (χ2v) is 14.9. The van der Waals surface area contributed by atoms with Gasteiger partial charge in [-0.05, 0) is 85.4 Å². The summed E-state index contributed by atoms with van der Waals surface area (Å²) >= 11 is 0. The van der Waals surface area contributed by atoms with Crippen molar-refractivity contribution in [3.63, 3.8) is 0 Å². The van der Waals surface area contributed by atoms with E-state index in [9.17, 15) is 14.4 Å². The molecular formula is C31H46O4. The van der Waals surface area contributed by atoms with Crippen molar-refractivity contribution in [3.8, 4) is 0 Å². The molecular weight excluding hydrogens is 436 g/mol. The van der Waals surface area contributed by atoms with E-state index in [-0.39, 0.29) is 58.0 Å². The van der Waals surface area contributed by atoms with Gasteiger partial charge in [0, 0.05) is 10.8 Å². The smallest absolute Gasteiger partial charge is 0.312 e. The highest BCUT2D eigenvalue weighted by Gasteiger charge is 2.71. The summed E-state index contributed by atoms with van der Waals surface area (Å²) in [4.78, 5) is 40.0. The molecule has 0 radical (unpaired) electrons. The molecule has 0 aliphatic heterocycles. The Morgan fingerprint density at radius 3 is 2.20 bits per heavy atom. The summed E-state index contributed by atoms with van der Waals surface area (Å²) in [6, 6.07) is 0. The van der Waals surface area contributed by atoms with Gasteiger partial charge in [-0.1, -0.05) is 60.1 Å². The molecule has 5 aliphatic rings. The summed E-state index contributed by atoms with van der Waals surface area (Å²) in [6.07, 6.45) is 10.2. The zero-order chi connectivity index (χ0) is 25.8. The lowest BCUT2D eigenvalue weighted by Crippen LogP contribution is -2.67. The molecule has 0 amide bonds. The molecule has 5 rings (SSSR count). The van der Waals surface area contributed by atoms with Gasteiger partial charge >= 0.3 is 5.97 Å². The predicted molar refractivity (Wildman–Crippen MR) is 136 cm³/mol. The Hall–Kier alpha value is -1.45. The molecule has 0 saturated heterocycles. The minimum absolute atomic E-state index is 0.0217. The Morgan fingerprint density at radius 1 is 0.886 bits per heavy atom. The Balaban J connectivity index is 1.63. The number of carbonyl (C=O) groups is 3. The highest BCUT2D eigenvalue weighted by atomic mass is 16.5. The average Bonchev–Trinajstić information content (AvgIpc) is 2.77. The Kier molecular flexibility index (Phi) is 5.27. The molecule has 4 nitrogen and oxygen atoms in total. The first-order valence-electron chi connectivity index (χ1n) is 14.0. The molecule has 35 heavy (non-hydrogen) atoms. The monoisotopic (exact) mass is 482 g/mol.